The molecule has 1 aromatic heterocycles. The number of carbonyl (C=O) groups is 1. The molecule has 1 aliphatic heterocycles. The molecule has 1 fully saturated rings. The highest BCUT2D eigenvalue weighted by Gasteiger charge is 2.27. The van der Waals surface area contributed by atoms with Gasteiger partial charge in [-0.2, -0.15) is 0 Å². The van der Waals surface area contributed by atoms with E-state index in [1.54, 1.807) is 12.1 Å². The van der Waals surface area contributed by atoms with Crippen molar-refractivity contribution in [2.75, 3.05) is 13.1 Å². The highest BCUT2D eigenvalue weighted by Crippen LogP contribution is 2.36. The van der Waals surface area contributed by atoms with Gasteiger partial charge in [0.25, 0.3) is 5.69 Å². The number of non-ortho nitro benzene ring substituents is 1. The zero-order valence-corrected chi connectivity index (χ0v) is 16.6. The van der Waals surface area contributed by atoms with Crippen molar-refractivity contribution in [3.63, 3.8) is 0 Å². The minimum Gasteiger partial charge on any atom is -0.361 e. The topological polar surface area (TPSA) is 79.2 Å². The number of carbonyl (C=O) groups excluding carboxylic acids is 1. The molecule has 1 saturated heterocycles. The molecule has 6 nitrogen and oxygen atoms in total. The van der Waals surface area contributed by atoms with Gasteiger partial charge in [-0.25, -0.2) is 0 Å². The largest absolute Gasteiger partial charge is 0.361 e. The number of nitro groups is 1. The Morgan fingerprint density at radius 2 is 1.97 bits per heavy atom. The molecule has 1 N–H and O–H groups in total. The van der Waals surface area contributed by atoms with E-state index in [1.807, 2.05) is 23.2 Å². The van der Waals surface area contributed by atoms with E-state index in [1.165, 1.54) is 11.6 Å². The molecule has 0 bridgehead atoms. The van der Waals surface area contributed by atoms with Gasteiger partial charge in [0.05, 0.1) is 4.92 Å². The van der Waals surface area contributed by atoms with Crippen molar-refractivity contribution >= 4 is 22.5 Å². The van der Waals surface area contributed by atoms with Gasteiger partial charge < -0.3 is 9.88 Å². The Morgan fingerprint density at radius 1 is 1.21 bits per heavy atom. The number of fused-ring (bicyclic) bond motifs is 1. The second-order valence-corrected chi connectivity index (χ2v) is 7.63. The summed E-state index contributed by atoms with van der Waals surface area (Å²) in [5.41, 5.74) is 4.17. The Hall–Kier alpha value is -3.15. The van der Waals surface area contributed by atoms with Gasteiger partial charge in [-0.3, -0.25) is 14.9 Å². The van der Waals surface area contributed by atoms with Gasteiger partial charge in [-0.05, 0) is 36.0 Å². The fourth-order valence-corrected chi connectivity index (χ4v) is 4.35. The summed E-state index contributed by atoms with van der Waals surface area (Å²) in [7, 11) is 0. The molecule has 1 atom stereocenters. The van der Waals surface area contributed by atoms with Crippen molar-refractivity contribution < 1.29 is 9.72 Å². The summed E-state index contributed by atoms with van der Waals surface area (Å²) >= 11 is 0. The van der Waals surface area contributed by atoms with Crippen LogP contribution in [0.25, 0.3) is 10.9 Å². The van der Waals surface area contributed by atoms with Crippen LogP contribution >= 0.6 is 0 Å². The van der Waals surface area contributed by atoms with Crippen LogP contribution in [-0.2, 0) is 11.2 Å². The number of para-hydroxylation sites is 1. The highest BCUT2D eigenvalue weighted by molar-refractivity contribution is 5.88. The summed E-state index contributed by atoms with van der Waals surface area (Å²) in [5, 5.41) is 12.4. The maximum absolute atomic E-state index is 13.0. The highest BCUT2D eigenvalue weighted by atomic mass is 16.6. The Bertz CT molecular complexity index is 1050. The van der Waals surface area contributed by atoms with E-state index in [9.17, 15) is 14.9 Å². The number of hydrogen-bond acceptors (Lipinski definition) is 3. The summed E-state index contributed by atoms with van der Waals surface area (Å²) in [6.07, 6.45) is 5.26. The van der Waals surface area contributed by atoms with Crippen LogP contribution in [0.5, 0.6) is 0 Å². The van der Waals surface area contributed by atoms with Crippen LogP contribution in [0.4, 0.5) is 5.69 Å². The lowest BCUT2D eigenvalue weighted by Gasteiger charge is -2.21. The number of H-pyrrole nitrogens is 1. The van der Waals surface area contributed by atoms with Gasteiger partial charge in [-0.1, -0.05) is 37.3 Å². The molecule has 2 aromatic carbocycles. The molecule has 0 saturated carbocycles. The third kappa shape index (κ3) is 3.75. The van der Waals surface area contributed by atoms with Gasteiger partial charge in [0.1, 0.15) is 0 Å². The average molecular weight is 391 g/mol. The van der Waals surface area contributed by atoms with E-state index in [-0.39, 0.29) is 22.4 Å². The zero-order valence-electron chi connectivity index (χ0n) is 16.6. The third-order valence-electron chi connectivity index (χ3n) is 5.91. The molecule has 0 aliphatic carbocycles. The van der Waals surface area contributed by atoms with Crippen molar-refractivity contribution in [1.29, 1.82) is 0 Å². The van der Waals surface area contributed by atoms with E-state index in [4.69, 9.17) is 0 Å². The first kappa shape index (κ1) is 19.2. The van der Waals surface area contributed by atoms with Crippen molar-refractivity contribution in [1.82, 2.24) is 9.88 Å². The van der Waals surface area contributed by atoms with Crippen molar-refractivity contribution in [3.8, 4) is 0 Å². The summed E-state index contributed by atoms with van der Waals surface area (Å²) in [6.45, 7) is 3.72. The van der Waals surface area contributed by atoms with E-state index < -0.39 is 0 Å². The average Bonchev–Trinajstić information content (AvgIpc) is 3.42. The fourth-order valence-electron chi connectivity index (χ4n) is 4.35. The first-order valence-electron chi connectivity index (χ1n) is 10.2. The maximum Gasteiger partial charge on any atom is 0.269 e. The quantitative estimate of drug-likeness (QED) is 0.485. The molecule has 2 heterocycles. The Morgan fingerprint density at radius 3 is 2.69 bits per heavy atom. The van der Waals surface area contributed by atoms with Gasteiger partial charge >= 0.3 is 0 Å². The molecule has 3 aromatic rings. The van der Waals surface area contributed by atoms with Crippen molar-refractivity contribution in [3.05, 3.63) is 75.5 Å². The minimum absolute atomic E-state index is 0.0511. The Labute approximate surface area is 169 Å². The van der Waals surface area contributed by atoms with Gasteiger partial charge in [0.15, 0.2) is 0 Å². The fraction of sp³-hybridized carbons (Fsp3) is 0.348. The molecule has 6 heteroatoms. The molecule has 150 valence electrons. The number of nitro benzene ring substituents is 1. The molecular formula is C23H25N3O3. The number of aromatic amines is 1. The molecule has 29 heavy (non-hydrogen) atoms. The number of amides is 1. The Balaban J connectivity index is 1.79. The first-order chi connectivity index (χ1) is 14.1. The number of hydrogen-bond donors (Lipinski definition) is 1. The number of likely N-dealkylation sites (tertiary alicyclic amines) is 1. The predicted molar refractivity (Wildman–Crippen MR) is 113 cm³/mol. The summed E-state index contributed by atoms with van der Waals surface area (Å²) < 4.78 is 0. The van der Waals surface area contributed by atoms with Gasteiger partial charge in [0.2, 0.25) is 5.91 Å². The van der Waals surface area contributed by atoms with E-state index in [0.717, 1.165) is 54.4 Å². The second kappa shape index (κ2) is 8.07. The molecule has 1 aliphatic rings. The number of aromatic nitrogens is 1. The normalized spacial score (nSPS) is 15.0. The van der Waals surface area contributed by atoms with E-state index >= 15 is 0 Å². The third-order valence-corrected chi connectivity index (χ3v) is 5.91. The lowest BCUT2D eigenvalue weighted by molar-refractivity contribution is -0.384. The van der Waals surface area contributed by atoms with Crippen LogP contribution < -0.4 is 0 Å². The lowest BCUT2D eigenvalue weighted by atomic mass is 9.87. The predicted octanol–water partition coefficient (Wildman–Crippen LogP) is 4.78. The van der Waals surface area contributed by atoms with Crippen LogP contribution in [0.3, 0.4) is 0 Å². The number of rotatable bonds is 6. The molecule has 1 amide bonds. The second-order valence-electron chi connectivity index (χ2n) is 7.63. The standard InChI is InChI=1S/C23H25N3O3/c1-2-16-7-6-10-19-21(15-24-23(16)19)20(14-22(27)25-11-3-4-12-25)17-8-5-9-18(13-17)26(28)29/h5-10,13,15,20,24H,2-4,11-12,14H2,1H3/t20-/m0/s1. The van der Waals surface area contributed by atoms with E-state index in [0.29, 0.717) is 6.42 Å². The van der Waals surface area contributed by atoms with Crippen molar-refractivity contribution in [2.45, 2.75) is 38.5 Å². The van der Waals surface area contributed by atoms with Gasteiger partial charge in [0, 0.05) is 54.7 Å². The number of nitrogens with zero attached hydrogens (tertiary/aromatic N) is 2. The summed E-state index contributed by atoms with van der Waals surface area (Å²) in [6, 6.07) is 12.9. The number of benzene rings is 2. The summed E-state index contributed by atoms with van der Waals surface area (Å²) in [4.78, 5) is 29.2. The van der Waals surface area contributed by atoms with E-state index in [2.05, 4.69) is 24.0 Å². The van der Waals surface area contributed by atoms with Crippen molar-refractivity contribution in [2.24, 2.45) is 0 Å². The maximum atomic E-state index is 13.0. The SMILES string of the molecule is CCc1cccc2c([C@@H](CC(=O)N3CCCC3)c3cccc([N+](=O)[O-])c3)c[nH]c12. The van der Waals surface area contributed by atoms with Crippen LogP contribution in [0.1, 0.15) is 48.8 Å². The van der Waals surface area contributed by atoms with Crippen LogP contribution in [0.15, 0.2) is 48.7 Å². The first-order valence-corrected chi connectivity index (χ1v) is 10.2. The molecule has 4 rings (SSSR count). The van der Waals surface area contributed by atoms with Crippen LogP contribution in [0, 0.1) is 10.1 Å². The molecular weight excluding hydrogens is 366 g/mol. The summed E-state index contributed by atoms with van der Waals surface area (Å²) in [5.74, 6) is -0.121. The lowest BCUT2D eigenvalue weighted by Crippen LogP contribution is -2.29. The minimum atomic E-state index is -0.382. The van der Waals surface area contributed by atoms with Crippen LogP contribution in [0.2, 0.25) is 0 Å². The number of aryl methyl sites for hydroxylation is 1. The smallest absolute Gasteiger partial charge is 0.269 e. The monoisotopic (exact) mass is 391 g/mol. The number of nitrogens with one attached hydrogen (secondary N) is 1. The van der Waals surface area contributed by atoms with Crippen LogP contribution in [-0.4, -0.2) is 33.8 Å². The molecule has 0 radical (unpaired) electrons. The molecule has 0 spiro atoms. The zero-order chi connectivity index (χ0) is 20.4. The Kier molecular flexibility index (Phi) is 5.34. The molecule has 0 unspecified atom stereocenters. The van der Waals surface area contributed by atoms with Gasteiger partial charge in [-0.15, -0.1) is 0 Å².